The molecule has 200 valence electrons. The first-order chi connectivity index (χ1) is 18.0. The first-order valence-electron chi connectivity index (χ1n) is 15.0. The molecule has 0 bridgehead atoms. The molecule has 0 aromatic heterocycles. The van der Waals surface area contributed by atoms with Crippen LogP contribution in [-0.2, 0) is 9.53 Å². The number of hydrogen-bond acceptors (Lipinski definition) is 9. The van der Waals surface area contributed by atoms with E-state index in [0.717, 1.165) is 58.1 Å². The molecule has 3 heterocycles. The number of hydrazine groups is 1. The van der Waals surface area contributed by atoms with Crippen LogP contribution in [0.2, 0.25) is 0 Å². The van der Waals surface area contributed by atoms with E-state index in [2.05, 4.69) is 32.1 Å². The third kappa shape index (κ3) is 6.35. The van der Waals surface area contributed by atoms with Gasteiger partial charge in [-0.1, -0.05) is 19.3 Å². The number of ether oxygens (including phenoxy) is 1. The van der Waals surface area contributed by atoms with Crippen molar-refractivity contribution in [1.82, 2.24) is 37.0 Å². The normalized spacial score (nSPS) is 42.1. The quantitative estimate of drug-likeness (QED) is 0.240. The zero-order chi connectivity index (χ0) is 25.8. The number of nitrogens with zero attached hydrogens (tertiary/aromatic N) is 1. The molecule has 2 aliphatic carbocycles. The fraction of sp³-hybridized carbons (Fsp3) is 0.960. The van der Waals surface area contributed by atoms with Crippen LogP contribution >= 0.6 is 0 Å². The van der Waals surface area contributed by atoms with Gasteiger partial charge in [0.25, 0.3) is 0 Å². The Balaban J connectivity index is 1.17. The molecule has 3 aliphatic heterocycles. The lowest BCUT2D eigenvalue weighted by molar-refractivity contribution is -0.130. The van der Waals surface area contributed by atoms with Crippen LogP contribution in [0, 0.1) is 11.8 Å². The van der Waals surface area contributed by atoms with Crippen LogP contribution < -0.4 is 32.1 Å². The third-order valence-electron chi connectivity index (χ3n) is 8.75. The first-order valence-corrected chi connectivity index (χ1v) is 14.0. The Bertz CT molecular complexity index is 758. The SMILES string of the molecule is [2H]C([2H])(NC1CCCC(C(=O)N[C@H]2CCOC3CCCCC32)C1)C1NNC(C2CCNCN2)N1CCO. The Morgan fingerprint density at radius 2 is 2.03 bits per heavy atom. The van der Waals surface area contributed by atoms with Crippen molar-refractivity contribution in [2.75, 3.05) is 39.5 Å². The van der Waals surface area contributed by atoms with Gasteiger partial charge in [-0.2, -0.15) is 0 Å². The number of nitrogens with one attached hydrogen (secondary N) is 6. The van der Waals surface area contributed by atoms with Crippen molar-refractivity contribution in [2.24, 2.45) is 11.8 Å². The summed E-state index contributed by atoms with van der Waals surface area (Å²) in [4.78, 5) is 15.3. The molecule has 5 rings (SSSR count). The van der Waals surface area contributed by atoms with Gasteiger partial charge in [-0.05, 0) is 51.5 Å². The minimum Gasteiger partial charge on any atom is -0.395 e. The van der Waals surface area contributed by atoms with Crippen molar-refractivity contribution in [2.45, 2.75) is 101 Å². The summed E-state index contributed by atoms with van der Waals surface area (Å²) in [7, 11) is 0. The number of hydrogen-bond donors (Lipinski definition) is 7. The van der Waals surface area contributed by atoms with E-state index in [1.165, 1.54) is 12.8 Å². The van der Waals surface area contributed by atoms with Gasteiger partial charge in [0.1, 0.15) is 0 Å². The summed E-state index contributed by atoms with van der Waals surface area (Å²) in [5.74, 6) is 0.462. The van der Waals surface area contributed by atoms with Crippen LogP contribution in [0.4, 0.5) is 0 Å². The molecular formula is C25H47N7O3. The summed E-state index contributed by atoms with van der Waals surface area (Å²) >= 11 is 0. The minimum absolute atomic E-state index is 0.0445. The van der Waals surface area contributed by atoms with Gasteiger partial charge in [0.05, 0.1) is 25.0 Å². The van der Waals surface area contributed by atoms with Crippen LogP contribution in [0.25, 0.3) is 0 Å². The van der Waals surface area contributed by atoms with Gasteiger partial charge < -0.3 is 25.8 Å². The van der Waals surface area contributed by atoms with Crippen LogP contribution in [0.15, 0.2) is 0 Å². The molecule has 5 aliphatic rings. The molecule has 3 saturated heterocycles. The summed E-state index contributed by atoms with van der Waals surface area (Å²) in [6.45, 7) is 0.915. The Morgan fingerprint density at radius 1 is 1.11 bits per heavy atom. The summed E-state index contributed by atoms with van der Waals surface area (Å²) in [6, 6.07) is 0.274. The zero-order valence-corrected chi connectivity index (χ0v) is 20.9. The van der Waals surface area contributed by atoms with Crippen molar-refractivity contribution >= 4 is 5.91 Å². The predicted octanol–water partition coefficient (Wildman–Crippen LogP) is -0.438. The minimum atomic E-state index is -1.75. The van der Waals surface area contributed by atoms with Crippen molar-refractivity contribution in [1.29, 1.82) is 0 Å². The molecule has 1 amide bonds. The molecule has 10 nitrogen and oxygen atoms in total. The highest BCUT2D eigenvalue weighted by atomic mass is 16.5. The van der Waals surface area contributed by atoms with Crippen molar-refractivity contribution in [3.63, 3.8) is 0 Å². The van der Waals surface area contributed by atoms with Gasteiger partial charge in [-0.25, -0.2) is 10.9 Å². The molecule has 35 heavy (non-hydrogen) atoms. The standard InChI is InChI=1S/C25H47N7O3/c33-12-11-32-23(30-31-24(32)21-8-10-26-16-28-21)15-27-18-5-3-4-17(14-18)25(34)29-20-9-13-35-22-7-2-1-6-19(20)22/h17-24,26-28,30-31,33H,1-16H2,(H,29,34)/t17?,18?,19?,20-,21?,22?,23?,24?/m0/s1/i15D2. The lowest BCUT2D eigenvalue weighted by atomic mass is 9.78. The molecule has 7 N–H and O–H groups in total. The van der Waals surface area contributed by atoms with Crippen molar-refractivity contribution in [3.8, 4) is 0 Å². The predicted molar refractivity (Wildman–Crippen MR) is 134 cm³/mol. The number of fused-ring (bicyclic) bond motifs is 1. The van der Waals surface area contributed by atoms with E-state index in [0.29, 0.717) is 31.7 Å². The Morgan fingerprint density at radius 3 is 2.89 bits per heavy atom. The second kappa shape index (κ2) is 12.6. The van der Waals surface area contributed by atoms with Crippen LogP contribution in [0.5, 0.6) is 0 Å². The summed E-state index contributed by atoms with van der Waals surface area (Å²) < 4.78 is 23.9. The Labute approximate surface area is 212 Å². The van der Waals surface area contributed by atoms with Gasteiger partial charge in [-0.15, -0.1) is 0 Å². The maximum atomic E-state index is 13.3. The number of aliphatic hydroxyl groups excluding tert-OH is 1. The molecule has 0 aromatic carbocycles. The number of rotatable bonds is 8. The number of carbonyl (C=O) groups is 1. The zero-order valence-electron chi connectivity index (χ0n) is 22.9. The highest BCUT2D eigenvalue weighted by Crippen LogP contribution is 2.34. The van der Waals surface area contributed by atoms with Crippen molar-refractivity contribution in [3.05, 3.63) is 0 Å². The molecular weight excluding hydrogens is 446 g/mol. The molecule has 7 unspecified atom stereocenters. The van der Waals surface area contributed by atoms with Gasteiger partial charge in [0.15, 0.2) is 0 Å². The average molecular weight is 496 g/mol. The Kier molecular flexibility index (Phi) is 8.38. The Hall–Kier alpha value is -0.850. The van der Waals surface area contributed by atoms with E-state index >= 15 is 0 Å². The van der Waals surface area contributed by atoms with E-state index in [1.54, 1.807) is 0 Å². The van der Waals surface area contributed by atoms with Gasteiger partial charge in [0.2, 0.25) is 5.91 Å². The average Bonchev–Trinajstić information content (AvgIpc) is 3.34. The lowest BCUT2D eigenvalue weighted by Crippen LogP contribution is -2.59. The summed E-state index contributed by atoms with van der Waals surface area (Å²) in [6.07, 6.45) is 9.26. The number of carbonyl (C=O) groups excluding carboxylic acids is 1. The van der Waals surface area contributed by atoms with Crippen molar-refractivity contribution < 1.29 is 17.4 Å². The number of amides is 1. The van der Waals surface area contributed by atoms with Crippen LogP contribution in [0.3, 0.4) is 0 Å². The molecule has 0 spiro atoms. The molecule has 0 radical (unpaired) electrons. The van der Waals surface area contributed by atoms with E-state index in [1.807, 2.05) is 4.90 Å². The number of β-amino-alcohol motifs (C(OH)–C–C–N with tert-alkyl or cyclic N) is 1. The van der Waals surface area contributed by atoms with E-state index in [9.17, 15) is 9.90 Å². The van der Waals surface area contributed by atoms with E-state index in [-0.39, 0.29) is 42.7 Å². The monoisotopic (exact) mass is 495 g/mol. The third-order valence-corrected chi connectivity index (χ3v) is 8.75. The summed E-state index contributed by atoms with van der Waals surface area (Å²) in [5, 5.41) is 23.1. The molecule has 0 aromatic rings. The maximum Gasteiger partial charge on any atom is 0.223 e. The maximum absolute atomic E-state index is 13.3. The van der Waals surface area contributed by atoms with E-state index in [4.69, 9.17) is 7.48 Å². The fourth-order valence-corrected chi connectivity index (χ4v) is 6.83. The number of aliphatic hydroxyl groups is 1. The summed E-state index contributed by atoms with van der Waals surface area (Å²) in [5.41, 5.74) is 6.43. The topological polar surface area (TPSA) is 122 Å². The fourth-order valence-electron chi connectivity index (χ4n) is 6.83. The van der Waals surface area contributed by atoms with Gasteiger partial charge >= 0.3 is 0 Å². The second-order valence-electron chi connectivity index (χ2n) is 11.0. The lowest BCUT2D eigenvalue weighted by Gasteiger charge is -2.42. The van der Waals surface area contributed by atoms with Crippen LogP contribution in [-0.4, -0.2) is 91.9 Å². The van der Waals surface area contributed by atoms with Crippen LogP contribution in [0.1, 0.15) is 66.9 Å². The largest absolute Gasteiger partial charge is 0.395 e. The first kappa shape index (κ1) is 23.3. The van der Waals surface area contributed by atoms with Gasteiger partial charge in [-0.3, -0.25) is 15.0 Å². The molecule has 5 fully saturated rings. The molecule has 10 heteroatoms. The highest BCUT2D eigenvalue weighted by molar-refractivity contribution is 5.79. The van der Waals surface area contributed by atoms with Gasteiger partial charge in [0, 0.05) is 59.0 Å². The highest BCUT2D eigenvalue weighted by Gasteiger charge is 2.40. The smallest absolute Gasteiger partial charge is 0.223 e. The molecule has 8 atom stereocenters. The molecule has 2 saturated carbocycles. The second-order valence-corrected chi connectivity index (χ2v) is 11.0. The van der Waals surface area contributed by atoms with E-state index < -0.39 is 12.7 Å².